The van der Waals surface area contributed by atoms with E-state index in [1.807, 2.05) is 0 Å². The molecule has 0 atom stereocenters. The number of nitrogens with zero attached hydrogens (tertiary/aromatic N) is 1. The van der Waals surface area contributed by atoms with Crippen molar-refractivity contribution in [3.8, 4) is 5.69 Å². The maximum atomic E-state index is 5.92. The van der Waals surface area contributed by atoms with Crippen molar-refractivity contribution in [2.75, 3.05) is 13.2 Å². The van der Waals surface area contributed by atoms with Gasteiger partial charge in [0.2, 0.25) is 0 Å². The van der Waals surface area contributed by atoms with Crippen LogP contribution in [0.5, 0.6) is 0 Å². The molecule has 3 aromatic carbocycles. The Morgan fingerprint density at radius 3 is 1.81 bits per heavy atom. The molecule has 1 fully saturated rings. The molecule has 5 rings (SSSR count). The van der Waals surface area contributed by atoms with Crippen LogP contribution in [-0.4, -0.2) is 24.9 Å². The van der Waals surface area contributed by atoms with Crippen molar-refractivity contribution in [1.29, 1.82) is 0 Å². The molecular formula is C23H22BNO2. The largest absolute Gasteiger partial charge is 0.493 e. The third-order valence-corrected chi connectivity index (χ3v) is 5.25. The Labute approximate surface area is 159 Å². The van der Waals surface area contributed by atoms with Gasteiger partial charge in [0.05, 0.1) is 11.0 Å². The number of benzene rings is 3. The number of hydrogen-bond donors (Lipinski definition) is 0. The number of hydrogen-bond acceptors (Lipinski definition) is 2. The molecule has 0 amide bonds. The maximum Gasteiger partial charge on any atom is 0.493 e. The molecule has 0 radical (unpaired) electrons. The van der Waals surface area contributed by atoms with Crippen LogP contribution < -0.4 is 5.46 Å². The van der Waals surface area contributed by atoms with Crippen molar-refractivity contribution in [2.45, 2.75) is 13.8 Å². The minimum atomic E-state index is -0.273. The molecule has 1 aliphatic rings. The van der Waals surface area contributed by atoms with Gasteiger partial charge in [0, 0.05) is 35.1 Å². The zero-order valence-corrected chi connectivity index (χ0v) is 15.7. The smallest absolute Gasteiger partial charge is 0.407 e. The van der Waals surface area contributed by atoms with Crippen LogP contribution >= 0.6 is 0 Å². The van der Waals surface area contributed by atoms with E-state index in [2.05, 4.69) is 91.2 Å². The normalized spacial score (nSPS) is 16.9. The highest BCUT2D eigenvalue weighted by atomic mass is 16.6. The quantitative estimate of drug-likeness (QED) is 0.493. The summed E-state index contributed by atoms with van der Waals surface area (Å²) >= 11 is 0. The van der Waals surface area contributed by atoms with Gasteiger partial charge < -0.3 is 13.9 Å². The molecule has 3 nitrogen and oxygen atoms in total. The van der Waals surface area contributed by atoms with E-state index in [-0.39, 0.29) is 12.5 Å². The molecular weight excluding hydrogens is 333 g/mol. The van der Waals surface area contributed by atoms with E-state index >= 15 is 0 Å². The second-order valence-corrected chi connectivity index (χ2v) is 8.08. The highest BCUT2D eigenvalue weighted by Gasteiger charge is 2.33. The predicted molar refractivity (Wildman–Crippen MR) is 112 cm³/mol. The third kappa shape index (κ3) is 2.86. The Balaban J connectivity index is 1.56. The van der Waals surface area contributed by atoms with Crippen LogP contribution in [0.1, 0.15) is 13.8 Å². The van der Waals surface area contributed by atoms with Gasteiger partial charge >= 0.3 is 7.12 Å². The van der Waals surface area contributed by atoms with Crippen molar-refractivity contribution < 1.29 is 9.31 Å². The summed E-state index contributed by atoms with van der Waals surface area (Å²) in [6.07, 6.45) is 0. The topological polar surface area (TPSA) is 23.4 Å². The van der Waals surface area contributed by atoms with Crippen molar-refractivity contribution in [3.63, 3.8) is 0 Å². The summed E-state index contributed by atoms with van der Waals surface area (Å²) in [5.41, 5.74) is 4.73. The van der Waals surface area contributed by atoms with Crippen molar-refractivity contribution in [1.82, 2.24) is 4.57 Å². The lowest BCUT2D eigenvalue weighted by Crippen LogP contribution is -2.47. The van der Waals surface area contributed by atoms with Gasteiger partial charge in [-0.2, -0.15) is 0 Å². The van der Waals surface area contributed by atoms with Crippen molar-refractivity contribution in [3.05, 3.63) is 72.8 Å². The molecule has 1 aliphatic heterocycles. The molecule has 0 unspecified atom stereocenters. The molecule has 134 valence electrons. The van der Waals surface area contributed by atoms with Gasteiger partial charge in [0.25, 0.3) is 0 Å². The summed E-state index contributed by atoms with van der Waals surface area (Å²) in [5, 5.41) is 2.55. The lowest BCUT2D eigenvalue weighted by molar-refractivity contribution is 0.0343. The molecule has 1 saturated heterocycles. The van der Waals surface area contributed by atoms with Gasteiger partial charge in [-0.1, -0.05) is 62.4 Å². The summed E-state index contributed by atoms with van der Waals surface area (Å²) in [6, 6.07) is 25.7. The van der Waals surface area contributed by atoms with Gasteiger partial charge in [-0.3, -0.25) is 0 Å². The van der Waals surface area contributed by atoms with Crippen LogP contribution in [0.4, 0.5) is 0 Å². The SMILES string of the molecule is CC1(C)COB(c2ccc(-n3c4ccccc4c4ccccc43)cc2)OC1. The predicted octanol–water partition coefficient (Wildman–Crippen LogP) is 4.55. The summed E-state index contributed by atoms with van der Waals surface area (Å²) < 4.78 is 14.2. The highest BCUT2D eigenvalue weighted by molar-refractivity contribution is 6.61. The van der Waals surface area contributed by atoms with E-state index < -0.39 is 0 Å². The Hall–Kier alpha value is -2.56. The summed E-state index contributed by atoms with van der Waals surface area (Å²) in [7, 11) is -0.273. The average molecular weight is 355 g/mol. The van der Waals surface area contributed by atoms with Gasteiger partial charge in [-0.05, 0) is 29.7 Å². The number of aromatic nitrogens is 1. The first kappa shape index (κ1) is 16.6. The van der Waals surface area contributed by atoms with Crippen LogP contribution in [-0.2, 0) is 9.31 Å². The van der Waals surface area contributed by atoms with E-state index in [1.54, 1.807) is 0 Å². The monoisotopic (exact) mass is 355 g/mol. The van der Waals surface area contributed by atoms with E-state index in [0.29, 0.717) is 13.2 Å². The summed E-state index contributed by atoms with van der Waals surface area (Å²) in [5.74, 6) is 0. The number of para-hydroxylation sites is 2. The Morgan fingerprint density at radius 2 is 1.26 bits per heavy atom. The van der Waals surface area contributed by atoms with Gasteiger partial charge in [-0.25, -0.2) is 0 Å². The fourth-order valence-electron chi connectivity index (χ4n) is 3.87. The molecule has 0 spiro atoms. The Morgan fingerprint density at radius 1 is 0.741 bits per heavy atom. The molecule has 0 aliphatic carbocycles. The molecule has 4 aromatic rings. The van der Waals surface area contributed by atoms with Crippen LogP contribution in [0.3, 0.4) is 0 Å². The summed E-state index contributed by atoms with van der Waals surface area (Å²) in [4.78, 5) is 0. The van der Waals surface area contributed by atoms with Crippen LogP contribution in [0, 0.1) is 5.41 Å². The second-order valence-electron chi connectivity index (χ2n) is 8.08. The van der Waals surface area contributed by atoms with Crippen molar-refractivity contribution in [2.24, 2.45) is 5.41 Å². The summed E-state index contributed by atoms with van der Waals surface area (Å²) in [6.45, 7) is 5.75. The van der Waals surface area contributed by atoms with E-state index in [0.717, 1.165) is 11.2 Å². The standard InChI is InChI=1S/C23H22BNO2/c1-23(2)15-26-24(27-16-23)17-11-13-18(14-12-17)25-21-9-5-3-7-19(21)20-8-4-6-10-22(20)25/h3-14H,15-16H2,1-2H3. The second kappa shape index (κ2) is 6.26. The third-order valence-electron chi connectivity index (χ3n) is 5.25. The first-order valence-corrected chi connectivity index (χ1v) is 9.44. The van der Waals surface area contributed by atoms with Gasteiger partial charge in [-0.15, -0.1) is 0 Å². The fraction of sp³-hybridized carbons (Fsp3) is 0.217. The Bertz CT molecular complexity index is 1050. The van der Waals surface area contributed by atoms with E-state index in [1.165, 1.54) is 21.8 Å². The first-order valence-electron chi connectivity index (χ1n) is 9.44. The molecule has 2 heterocycles. The number of fused-ring (bicyclic) bond motifs is 3. The van der Waals surface area contributed by atoms with Crippen LogP contribution in [0.25, 0.3) is 27.5 Å². The molecule has 0 N–H and O–H groups in total. The molecule has 4 heteroatoms. The fourth-order valence-corrected chi connectivity index (χ4v) is 3.87. The van der Waals surface area contributed by atoms with Crippen molar-refractivity contribution >= 4 is 34.4 Å². The highest BCUT2D eigenvalue weighted by Crippen LogP contribution is 2.31. The molecule has 27 heavy (non-hydrogen) atoms. The van der Waals surface area contributed by atoms with E-state index in [9.17, 15) is 0 Å². The first-order chi connectivity index (χ1) is 13.1. The Kier molecular flexibility index (Phi) is 3.85. The number of rotatable bonds is 2. The zero-order chi connectivity index (χ0) is 18.4. The zero-order valence-electron chi connectivity index (χ0n) is 15.7. The van der Waals surface area contributed by atoms with Crippen LogP contribution in [0.15, 0.2) is 72.8 Å². The van der Waals surface area contributed by atoms with Gasteiger partial charge in [0.15, 0.2) is 0 Å². The maximum absolute atomic E-state index is 5.92. The lowest BCUT2D eigenvalue weighted by atomic mass is 9.76. The van der Waals surface area contributed by atoms with Gasteiger partial charge in [0.1, 0.15) is 0 Å². The average Bonchev–Trinajstić information content (AvgIpc) is 3.03. The minimum Gasteiger partial charge on any atom is -0.407 e. The van der Waals surface area contributed by atoms with E-state index in [4.69, 9.17) is 9.31 Å². The molecule has 0 bridgehead atoms. The minimum absolute atomic E-state index is 0.0828. The van der Waals surface area contributed by atoms with Crippen LogP contribution in [0.2, 0.25) is 0 Å². The lowest BCUT2D eigenvalue weighted by Gasteiger charge is -2.33. The molecule has 1 aromatic heterocycles. The molecule has 0 saturated carbocycles.